The third-order valence-corrected chi connectivity index (χ3v) is 3.46. The first-order chi connectivity index (χ1) is 7.66. The molecule has 0 fully saturated rings. The third kappa shape index (κ3) is 2.77. The Balaban J connectivity index is 2.01. The molecule has 1 aliphatic heterocycles. The lowest BCUT2D eigenvalue weighted by Crippen LogP contribution is -2.34. The second-order valence-corrected chi connectivity index (χ2v) is 5.53. The quantitative estimate of drug-likeness (QED) is 0.921. The summed E-state index contributed by atoms with van der Waals surface area (Å²) in [5.74, 6) is 1.62. The van der Waals surface area contributed by atoms with E-state index in [9.17, 15) is 0 Å². The van der Waals surface area contributed by atoms with Crippen LogP contribution in [-0.2, 0) is 6.42 Å². The predicted molar refractivity (Wildman–Crippen MR) is 70.0 cm³/mol. The second-order valence-electron chi connectivity index (χ2n) is 4.67. The summed E-state index contributed by atoms with van der Waals surface area (Å²) in [4.78, 5) is 0. The summed E-state index contributed by atoms with van der Waals surface area (Å²) < 4.78 is 6.88. The topological polar surface area (TPSA) is 21.3 Å². The highest BCUT2D eigenvalue weighted by Crippen LogP contribution is 2.34. The molecule has 1 aromatic carbocycles. The maximum atomic E-state index is 5.81. The number of ether oxygens (including phenoxy) is 1. The first-order valence-corrected chi connectivity index (χ1v) is 6.59. The maximum Gasteiger partial charge on any atom is 0.136 e. The highest BCUT2D eigenvalue weighted by Gasteiger charge is 2.21. The smallest absolute Gasteiger partial charge is 0.136 e. The van der Waals surface area contributed by atoms with E-state index in [1.165, 1.54) is 5.56 Å². The highest BCUT2D eigenvalue weighted by atomic mass is 79.9. The molecule has 2 nitrogen and oxygen atoms in total. The van der Waals surface area contributed by atoms with Gasteiger partial charge in [-0.3, -0.25) is 0 Å². The van der Waals surface area contributed by atoms with Crippen LogP contribution in [0, 0.1) is 5.92 Å². The van der Waals surface area contributed by atoms with Gasteiger partial charge in [0, 0.05) is 18.5 Å². The zero-order valence-electron chi connectivity index (χ0n) is 9.79. The monoisotopic (exact) mass is 283 g/mol. The zero-order chi connectivity index (χ0) is 11.5. The van der Waals surface area contributed by atoms with Crippen molar-refractivity contribution < 1.29 is 4.74 Å². The fraction of sp³-hybridized carbons (Fsp3) is 0.538. The molecule has 0 amide bonds. The number of nitrogens with one attached hydrogen (secondary N) is 1. The molecule has 0 saturated heterocycles. The Morgan fingerprint density at radius 3 is 3.06 bits per heavy atom. The van der Waals surface area contributed by atoms with Crippen molar-refractivity contribution in [2.75, 3.05) is 13.2 Å². The van der Waals surface area contributed by atoms with Gasteiger partial charge in [0.05, 0.1) is 11.1 Å². The van der Waals surface area contributed by atoms with Gasteiger partial charge in [-0.15, -0.1) is 0 Å². The molecule has 16 heavy (non-hydrogen) atoms. The largest absolute Gasteiger partial charge is 0.492 e. The standard InChI is InChI=1S/C13H18BrNO/c1-9(2)15-7-10-6-11-4-3-5-12(14)13(11)16-8-10/h3-5,9-10,15H,6-8H2,1-2H3. The maximum absolute atomic E-state index is 5.81. The van der Waals surface area contributed by atoms with Crippen LogP contribution < -0.4 is 10.1 Å². The molecule has 0 bridgehead atoms. The van der Waals surface area contributed by atoms with Crippen LogP contribution >= 0.6 is 15.9 Å². The zero-order valence-corrected chi connectivity index (χ0v) is 11.4. The van der Waals surface area contributed by atoms with Crippen molar-refractivity contribution in [1.82, 2.24) is 5.32 Å². The van der Waals surface area contributed by atoms with Crippen molar-refractivity contribution in [3.8, 4) is 5.75 Å². The number of benzene rings is 1. The van der Waals surface area contributed by atoms with Gasteiger partial charge in [-0.05, 0) is 34.0 Å². The van der Waals surface area contributed by atoms with Crippen LogP contribution in [0.25, 0.3) is 0 Å². The van der Waals surface area contributed by atoms with Crippen LogP contribution in [0.3, 0.4) is 0 Å². The lowest BCUT2D eigenvalue weighted by Gasteiger charge is -2.26. The molecule has 0 spiro atoms. The number of rotatable bonds is 3. The molecular formula is C13H18BrNO. The number of para-hydroxylation sites is 1. The molecule has 0 aliphatic carbocycles. The molecule has 1 atom stereocenters. The first kappa shape index (κ1) is 11.9. The molecule has 1 aliphatic rings. The van der Waals surface area contributed by atoms with Gasteiger partial charge in [0.25, 0.3) is 0 Å². The van der Waals surface area contributed by atoms with E-state index in [1.807, 2.05) is 6.07 Å². The van der Waals surface area contributed by atoms with Crippen LogP contribution in [0.5, 0.6) is 5.75 Å². The Hall–Kier alpha value is -0.540. The van der Waals surface area contributed by atoms with Gasteiger partial charge in [0.1, 0.15) is 5.75 Å². The van der Waals surface area contributed by atoms with Crippen LogP contribution in [0.4, 0.5) is 0 Å². The normalized spacial score (nSPS) is 19.4. The van der Waals surface area contributed by atoms with E-state index in [-0.39, 0.29) is 0 Å². The van der Waals surface area contributed by atoms with E-state index < -0.39 is 0 Å². The average Bonchev–Trinajstić information content (AvgIpc) is 2.26. The summed E-state index contributed by atoms with van der Waals surface area (Å²) in [5.41, 5.74) is 1.32. The molecular weight excluding hydrogens is 266 g/mol. The third-order valence-electron chi connectivity index (χ3n) is 2.84. The van der Waals surface area contributed by atoms with Crippen molar-refractivity contribution in [2.45, 2.75) is 26.3 Å². The molecule has 1 heterocycles. The Bertz CT molecular complexity index is 365. The van der Waals surface area contributed by atoms with Crippen molar-refractivity contribution in [3.63, 3.8) is 0 Å². The second kappa shape index (κ2) is 5.19. The van der Waals surface area contributed by atoms with Gasteiger partial charge in [-0.1, -0.05) is 26.0 Å². The first-order valence-electron chi connectivity index (χ1n) is 5.80. The molecule has 2 rings (SSSR count). The van der Waals surface area contributed by atoms with E-state index >= 15 is 0 Å². The number of fused-ring (bicyclic) bond motifs is 1. The summed E-state index contributed by atoms with van der Waals surface area (Å²) >= 11 is 3.52. The van der Waals surface area contributed by atoms with Crippen LogP contribution in [-0.4, -0.2) is 19.2 Å². The van der Waals surface area contributed by atoms with Gasteiger partial charge in [-0.2, -0.15) is 0 Å². The summed E-state index contributed by atoms with van der Waals surface area (Å²) in [7, 11) is 0. The Labute approximate surface area is 106 Å². The molecule has 0 aromatic heterocycles. The Morgan fingerprint density at radius 2 is 2.31 bits per heavy atom. The van der Waals surface area contributed by atoms with Gasteiger partial charge >= 0.3 is 0 Å². The van der Waals surface area contributed by atoms with E-state index in [2.05, 4.69) is 47.2 Å². The molecule has 3 heteroatoms. The number of hydrogen-bond donors (Lipinski definition) is 1. The van der Waals surface area contributed by atoms with Gasteiger partial charge in [-0.25, -0.2) is 0 Å². The van der Waals surface area contributed by atoms with Crippen molar-refractivity contribution >= 4 is 15.9 Å². The molecule has 1 aromatic rings. The lowest BCUT2D eigenvalue weighted by atomic mass is 9.96. The van der Waals surface area contributed by atoms with Gasteiger partial charge in [0.15, 0.2) is 0 Å². The van der Waals surface area contributed by atoms with E-state index in [1.54, 1.807) is 0 Å². The molecule has 0 saturated carbocycles. The molecule has 0 radical (unpaired) electrons. The minimum Gasteiger partial charge on any atom is -0.492 e. The summed E-state index contributed by atoms with van der Waals surface area (Å²) in [6.07, 6.45) is 1.11. The Kier molecular flexibility index (Phi) is 3.87. The Morgan fingerprint density at radius 1 is 1.50 bits per heavy atom. The number of halogens is 1. The lowest BCUT2D eigenvalue weighted by molar-refractivity contribution is 0.214. The van der Waals surface area contributed by atoms with Crippen LogP contribution in [0.2, 0.25) is 0 Å². The SMILES string of the molecule is CC(C)NCC1COc2c(Br)cccc2C1. The minimum absolute atomic E-state index is 0.545. The molecule has 1 unspecified atom stereocenters. The minimum atomic E-state index is 0.545. The fourth-order valence-electron chi connectivity index (χ4n) is 1.98. The van der Waals surface area contributed by atoms with Crippen LogP contribution in [0.15, 0.2) is 22.7 Å². The fourth-order valence-corrected chi connectivity index (χ4v) is 2.50. The van der Waals surface area contributed by atoms with E-state index in [0.29, 0.717) is 12.0 Å². The van der Waals surface area contributed by atoms with Crippen molar-refractivity contribution in [3.05, 3.63) is 28.2 Å². The van der Waals surface area contributed by atoms with Gasteiger partial charge in [0.2, 0.25) is 0 Å². The van der Waals surface area contributed by atoms with E-state index in [0.717, 1.165) is 29.8 Å². The molecule has 88 valence electrons. The predicted octanol–water partition coefficient (Wildman–Crippen LogP) is 3.00. The van der Waals surface area contributed by atoms with Crippen molar-refractivity contribution in [1.29, 1.82) is 0 Å². The number of hydrogen-bond acceptors (Lipinski definition) is 2. The van der Waals surface area contributed by atoms with Crippen molar-refractivity contribution in [2.24, 2.45) is 5.92 Å². The van der Waals surface area contributed by atoms with Crippen LogP contribution in [0.1, 0.15) is 19.4 Å². The van der Waals surface area contributed by atoms with Gasteiger partial charge < -0.3 is 10.1 Å². The summed E-state index contributed by atoms with van der Waals surface area (Å²) in [6, 6.07) is 6.81. The van der Waals surface area contributed by atoms with E-state index in [4.69, 9.17) is 4.74 Å². The molecule has 1 N–H and O–H groups in total. The highest BCUT2D eigenvalue weighted by molar-refractivity contribution is 9.10. The summed E-state index contributed by atoms with van der Waals surface area (Å²) in [6.45, 7) is 6.20. The average molecular weight is 284 g/mol. The summed E-state index contributed by atoms with van der Waals surface area (Å²) in [5, 5.41) is 3.47.